The molecule has 4 rings (SSSR count). The summed E-state index contributed by atoms with van der Waals surface area (Å²) < 4.78 is 7.42. The third-order valence-electron chi connectivity index (χ3n) is 4.81. The molecule has 1 aliphatic rings. The van der Waals surface area contributed by atoms with Gasteiger partial charge in [0.1, 0.15) is 12.5 Å². The molecule has 2 aromatic heterocycles. The second-order valence-corrected chi connectivity index (χ2v) is 6.45. The summed E-state index contributed by atoms with van der Waals surface area (Å²) in [5.41, 5.74) is 2.90. The van der Waals surface area contributed by atoms with Crippen molar-refractivity contribution in [3.63, 3.8) is 0 Å². The van der Waals surface area contributed by atoms with Gasteiger partial charge in [0.25, 0.3) is 5.56 Å². The smallest absolute Gasteiger partial charge is 0.315 e. The van der Waals surface area contributed by atoms with E-state index in [1.54, 1.807) is 12.4 Å². The second kappa shape index (κ2) is 6.20. The number of hydrogen-bond donors (Lipinski definition) is 1. The quantitative estimate of drug-likeness (QED) is 0.745. The van der Waals surface area contributed by atoms with Gasteiger partial charge >= 0.3 is 5.97 Å². The van der Waals surface area contributed by atoms with Crippen LogP contribution in [0.25, 0.3) is 10.9 Å². The van der Waals surface area contributed by atoms with E-state index < -0.39 is 0 Å². The highest BCUT2D eigenvalue weighted by Crippen LogP contribution is 2.31. The minimum absolute atomic E-state index is 0.0301. The number of aromatic amines is 1. The van der Waals surface area contributed by atoms with Gasteiger partial charge in [0, 0.05) is 18.3 Å². The standard InChI is InChI=1S/C19H19N3O3/c1-22-11-20-17-14(6-4-8-16(17)22)19(24)25-10-13-9-12-5-2-3-7-15(12)21-18(13)23/h2-3,5,7,9,11,14H,4,6,8,10H2,1H3,(H,21,23). The molecular formula is C19H19N3O3. The summed E-state index contributed by atoms with van der Waals surface area (Å²) in [6.07, 6.45) is 4.34. The number of esters is 1. The van der Waals surface area contributed by atoms with Crippen molar-refractivity contribution < 1.29 is 9.53 Å². The molecule has 0 spiro atoms. The van der Waals surface area contributed by atoms with E-state index in [0.717, 1.165) is 41.6 Å². The minimum Gasteiger partial charge on any atom is -0.460 e. The van der Waals surface area contributed by atoms with Crippen molar-refractivity contribution in [2.24, 2.45) is 7.05 Å². The van der Waals surface area contributed by atoms with Crippen LogP contribution >= 0.6 is 0 Å². The Morgan fingerprint density at radius 3 is 3.12 bits per heavy atom. The van der Waals surface area contributed by atoms with Crippen molar-refractivity contribution in [3.8, 4) is 0 Å². The lowest BCUT2D eigenvalue weighted by molar-refractivity contribution is -0.147. The number of aryl methyl sites for hydroxylation is 1. The molecule has 1 N–H and O–H groups in total. The molecule has 1 aromatic carbocycles. The highest BCUT2D eigenvalue weighted by Gasteiger charge is 2.31. The number of benzene rings is 1. The first kappa shape index (κ1) is 15.6. The molecule has 0 saturated heterocycles. The molecule has 2 heterocycles. The SMILES string of the molecule is Cn1cnc2c1CCCC2C(=O)OCc1cc2ccccc2[nH]c1=O. The van der Waals surface area contributed by atoms with Gasteiger partial charge in [-0.3, -0.25) is 9.59 Å². The van der Waals surface area contributed by atoms with E-state index in [4.69, 9.17) is 4.74 Å². The highest BCUT2D eigenvalue weighted by molar-refractivity contribution is 5.79. The van der Waals surface area contributed by atoms with Gasteiger partial charge in [0.2, 0.25) is 0 Å². The summed E-state index contributed by atoms with van der Waals surface area (Å²) in [5, 5.41) is 0.915. The Hall–Kier alpha value is -2.89. The summed E-state index contributed by atoms with van der Waals surface area (Å²) in [6.45, 7) is -0.0301. The van der Waals surface area contributed by atoms with Gasteiger partial charge in [-0.25, -0.2) is 4.98 Å². The van der Waals surface area contributed by atoms with Gasteiger partial charge in [-0.1, -0.05) is 18.2 Å². The molecule has 25 heavy (non-hydrogen) atoms. The second-order valence-electron chi connectivity index (χ2n) is 6.45. The van der Waals surface area contributed by atoms with Crippen LogP contribution < -0.4 is 5.56 Å². The number of fused-ring (bicyclic) bond motifs is 2. The summed E-state index contributed by atoms with van der Waals surface area (Å²) in [6, 6.07) is 9.30. The molecule has 6 nitrogen and oxygen atoms in total. The monoisotopic (exact) mass is 337 g/mol. The van der Waals surface area contributed by atoms with Crippen molar-refractivity contribution >= 4 is 16.9 Å². The lowest BCUT2D eigenvalue weighted by Gasteiger charge is -2.20. The molecule has 0 radical (unpaired) electrons. The summed E-state index contributed by atoms with van der Waals surface area (Å²) in [7, 11) is 1.94. The Morgan fingerprint density at radius 2 is 2.24 bits per heavy atom. The number of imidazole rings is 1. The normalized spacial score (nSPS) is 16.6. The number of carbonyl (C=O) groups is 1. The zero-order valence-corrected chi connectivity index (χ0v) is 14.0. The lowest BCUT2D eigenvalue weighted by Crippen LogP contribution is -2.23. The van der Waals surface area contributed by atoms with Crippen LogP contribution in [0.3, 0.4) is 0 Å². The Labute approximate surface area is 144 Å². The topological polar surface area (TPSA) is 77.0 Å². The molecule has 0 bridgehead atoms. The Kier molecular flexibility index (Phi) is 3.87. The molecule has 3 aromatic rings. The van der Waals surface area contributed by atoms with Crippen LogP contribution in [0.2, 0.25) is 0 Å². The maximum Gasteiger partial charge on any atom is 0.315 e. The predicted molar refractivity (Wildman–Crippen MR) is 93.3 cm³/mol. The number of pyridine rings is 1. The lowest BCUT2D eigenvalue weighted by atomic mass is 9.90. The molecular weight excluding hydrogens is 318 g/mol. The van der Waals surface area contributed by atoms with Crippen LogP contribution in [0.4, 0.5) is 0 Å². The van der Waals surface area contributed by atoms with Crippen molar-refractivity contribution in [2.45, 2.75) is 31.8 Å². The first-order chi connectivity index (χ1) is 12.1. The molecule has 128 valence electrons. The molecule has 0 aliphatic heterocycles. The van der Waals surface area contributed by atoms with Crippen LogP contribution in [0, 0.1) is 0 Å². The number of aromatic nitrogens is 3. The summed E-state index contributed by atoms with van der Waals surface area (Å²) in [5.74, 6) is -0.656. The molecule has 0 saturated carbocycles. The summed E-state index contributed by atoms with van der Waals surface area (Å²) >= 11 is 0. The molecule has 0 amide bonds. The highest BCUT2D eigenvalue weighted by atomic mass is 16.5. The van der Waals surface area contributed by atoms with E-state index >= 15 is 0 Å². The largest absolute Gasteiger partial charge is 0.460 e. The van der Waals surface area contributed by atoms with Gasteiger partial charge in [-0.15, -0.1) is 0 Å². The first-order valence-corrected chi connectivity index (χ1v) is 8.41. The van der Waals surface area contributed by atoms with Crippen LogP contribution in [0.15, 0.2) is 41.5 Å². The van der Waals surface area contributed by atoms with E-state index in [9.17, 15) is 9.59 Å². The fraction of sp³-hybridized carbons (Fsp3) is 0.316. The van der Waals surface area contributed by atoms with Crippen LogP contribution in [0.1, 0.15) is 35.7 Å². The van der Waals surface area contributed by atoms with E-state index in [0.29, 0.717) is 5.56 Å². The molecule has 1 aliphatic carbocycles. The first-order valence-electron chi connectivity index (χ1n) is 8.41. The van der Waals surface area contributed by atoms with Gasteiger partial charge in [0.05, 0.1) is 17.6 Å². The fourth-order valence-electron chi connectivity index (χ4n) is 3.46. The van der Waals surface area contributed by atoms with E-state index in [2.05, 4.69) is 9.97 Å². The number of nitrogens with one attached hydrogen (secondary N) is 1. The number of H-pyrrole nitrogens is 1. The number of rotatable bonds is 3. The fourth-order valence-corrected chi connectivity index (χ4v) is 3.46. The molecule has 1 unspecified atom stereocenters. The number of carbonyl (C=O) groups excluding carboxylic acids is 1. The van der Waals surface area contributed by atoms with Crippen molar-refractivity contribution in [1.29, 1.82) is 0 Å². The average Bonchev–Trinajstić information content (AvgIpc) is 3.01. The number of nitrogens with zero attached hydrogens (tertiary/aromatic N) is 2. The van der Waals surface area contributed by atoms with Gasteiger partial charge < -0.3 is 14.3 Å². The number of para-hydroxylation sites is 1. The third-order valence-corrected chi connectivity index (χ3v) is 4.81. The molecule has 1 atom stereocenters. The maximum atomic E-state index is 12.5. The van der Waals surface area contributed by atoms with Crippen molar-refractivity contribution in [2.75, 3.05) is 0 Å². The zero-order valence-electron chi connectivity index (χ0n) is 14.0. The van der Waals surface area contributed by atoms with E-state index in [1.807, 2.05) is 35.9 Å². The predicted octanol–water partition coefficient (Wildman–Crippen LogP) is 2.42. The van der Waals surface area contributed by atoms with Crippen molar-refractivity contribution in [3.05, 3.63) is 64.0 Å². The molecule has 6 heteroatoms. The van der Waals surface area contributed by atoms with Gasteiger partial charge in [-0.2, -0.15) is 0 Å². The van der Waals surface area contributed by atoms with E-state index in [1.165, 1.54) is 0 Å². The Balaban J connectivity index is 1.53. The Morgan fingerprint density at radius 1 is 1.40 bits per heavy atom. The number of hydrogen-bond acceptors (Lipinski definition) is 4. The number of ether oxygens (including phenoxy) is 1. The molecule has 0 fully saturated rings. The summed E-state index contributed by atoms with van der Waals surface area (Å²) in [4.78, 5) is 31.9. The zero-order chi connectivity index (χ0) is 17.4. The van der Waals surface area contributed by atoms with E-state index in [-0.39, 0.29) is 24.1 Å². The maximum absolute atomic E-state index is 12.5. The van der Waals surface area contributed by atoms with Crippen LogP contribution in [-0.4, -0.2) is 20.5 Å². The van der Waals surface area contributed by atoms with Gasteiger partial charge in [-0.05, 0) is 36.8 Å². The third kappa shape index (κ3) is 2.84. The minimum atomic E-state index is -0.343. The van der Waals surface area contributed by atoms with Crippen LogP contribution in [-0.2, 0) is 29.6 Å². The van der Waals surface area contributed by atoms with Gasteiger partial charge in [0.15, 0.2) is 0 Å². The van der Waals surface area contributed by atoms with Crippen LogP contribution in [0.5, 0.6) is 0 Å². The average molecular weight is 337 g/mol. The Bertz CT molecular complexity index is 1000. The van der Waals surface area contributed by atoms with Crippen molar-refractivity contribution in [1.82, 2.24) is 14.5 Å².